The largest absolute Gasteiger partial charge is 0.379 e. The van der Waals surface area contributed by atoms with Gasteiger partial charge in [0.05, 0.1) is 17.6 Å². The Morgan fingerprint density at radius 3 is 3.00 bits per heavy atom. The lowest BCUT2D eigenvalue weighted by atomic mass is 9.94. The standard InChI is InChI=1S/C14H22N4/c1-17(2)14-3-6-15-9-13(14)16-12-5-8-18-7-4-11(12)10-18/h3,6,9,11-12,16H,4-5,7-8,10H2,1-2H3. The SMILES string of the molecule is CN(C)c1ccncc1NC1CCN2CCC1C2. The van der Waals surface area contributed by atoms with Gasteiger partial charge in [-0.25, -0.2) is 0 Å². The second-order valence-corrected chi connectivity index (χ2v) is 5.68. The Morgan fingerprint density at radius 1 is 1.33 bits per heavy atom. The molecule has 4 nitrogen and oxygen atoms in total. The van der Waals surface area contributed by atoms with Crippen LogP contribution < -0.4 is 10.2 Å². The molecule has 2 fully saturated rings. The highest BCUT2D eigenvalue weighted by Gasteiger charge is 2.34. The van der Waals surface area contributed by atoms with Gasteiger partial charge in [0, 0.05) is 39.4 Å². The summed E-state index contributed by atoms with van der Waals surface area (Å²) in [6.45, 7) is 3.80. The molecule has 1 aromatic rings. The van der Waals surface area contributed by atoms with E-state index in [2.05, 4.69) is 40.3 Å². The van der Waals surface area contributed by atoms with Crippen LogP contribution in [0.2, 0.25) is 0 Å². The van der Waals surface area contributed by atoms with E-state index in [9.17, 15) is 0 Å². The van der Waals surface area contributed by atoms with Gasteiger partial charge < -0.3 is 15.1 Å². The predicted octanol–water partition coefficient (Wildman–Crippen LogP) is 1.65. The van der Waals surface area contributed by atoms with Crippen molar-refractivity contribution in [2.75, 3.05) is 43.9 Å². The van der Waals surface area contributed by atoms with E-state index in [-0.39, 0.29) is 0 Å². The fraction of sp³-hybridized carbons (Fsp3) is 0.643. The predicted molar refractivity (Wildman–Crippen MR) is 75.1 cm³/mol. The van der Waals surface area contributed by atoms with Gasteiger partial charge in [0.1, 0.15) is 0 Å². The summed E-state index contributed by atoms with van der Waals surface area (Å²) in [6.07, 6.45) is 6.41. The molecular formula is C14H22N4. The van der Waals surface area contributed by atoms with E-state index in [1.54, 1.807) is 0 Å². The third-order valence-electron chi connectivity index (χ3n) is 4.25. The number of hydrogen-bond acceptors (Lipinski definition) is 4. The zero-order valence-electron chi connectivity index (χ0n) is 11.3. The Morgan fingerprint density at radius 2 is 2.17 bits per heavy atom. The van der Waals surface area contributed by atoms with Crippen LogP contribution in [0, 0.1) is 5.92 Å². The zero-order chi connectivity index (χ0) is 12.5. The topological polar surface area (TPSA) is 31.4 Å². The van der Waals surface area contributed by atoms with Gasteiger partial charge in [-0.3, -0.25) is 4.98 Å². The highest BCUT2D eigenvalue weighted by molar-refractivity contribution is 5.68. The minimum absolute atomic E-state index is 0.617. The van der Waals surface area contributed by atoms with Crippen molar-refractivity contribution in [2.24, 2.45) is 5.92 Å². The maximum absolute atomic E-state index is 4.25. The molecule has 2 bridgehead atoms. The molecule has 3 atom stereocenters. The van der Waals surface area contributed by atoms with Gasteiger partial charge in [-0.05, 0) is 31.4 Å². The molecule has 1 aromatic heterocycles. The first-order valence-corrected chi connectivity index (χ1v) is 6.84. The van der Waals surface area contributed by atoms with Gasteiger partial charge >= 0.3 is 0 Å². The number of fused-ring (bicyclic) bond motifs is 2. The van der Waals surface area contributed by atoms with Crippen molar-refractivity contribution in [2.45, 2.75) is 18.9 Å². The number of aromatic nitrogens is 1. The lowest BCUT2D eigenvalue weighted by Crippen LogP contribution is -2.39. The van der Waals surface area contributed by atoms with E-state index < -0.39 is 0 Å². The second-order valence-electron chi connectivity index (χ2n) is 5.68. The van der Waals surface area contributed by atoms with Gasteiger partial charge in [0.15, 0.2) is 0 Å². The van der Waals surface area contributed by atoms with Crippen molar-refractivity contribution >= 4 is 11.4 Å². The summed E-state index contributed by atoms with van der Waals surface area (Å²) in [7, 11) is 4.16. The molecule has 0 aromatic carbocycles. The lowest BCUT2D eigenvalue weighted by molar-refractivity contribution is 0.255. The number of piperidine rings is 1. The minimum Gasteiger partial charge on any atom is -0.379 e. The smallest absolute Gasteiger partial charge is 0.0766 e. The molecule has 0 amide bonds. The average Bonchev–Trinajstić information content (AvgIpc) is 2.76. The number of rotatable bonds is 3. The summed E-state index contributed by atoms with van der Waals surface area (Å²) in [5.74, 6) is 0.814. The molecule has 3 unspecified atom stereocenters. The summed E-state index contributed by atoms with van der Waals surface area (Å²) in [6, 6.07) is 2.69. The molecule has 2 saturated heterocycles. The first kappa shape index (κ1) is 11.8. The van der Waals surface area contributed by atoms with Crippen LogP contribution in [-0.4, -0.2) is 49.7 Å². The number of hydrogen-bond donors (Lipinski definition) is 1. The van der Waals surface area contributed by atoms with E-state index >= 15 is 0 Å². The molecule has 2 aliphatic heterocycles. The van der Waals surface area contributed by atoms with Crippen LogP contribution in [0.1, 0.15) is 12.8 Å². The quantitative estimate of drug-likeness (QED) is 0.879. The van der Waals surface area contributed by atoms with Gasteiger partial charge in [-0.1, -0.05) is 0 Å². The first-order chi connectivity index (χ1) is 8.74. The number of pyridine rings is 1. The number of nitrogens with zero attached hydrogens (tertiary/aromatic N) is 3. The number of anilines is 2. The first-order valence-electron chi connectivity index (χ1n) is 6.84. The lowest BCUT2D eigenvalue weighted by Gasteiger charge is -2.32. The van der Waals surface area contributed by atoms with Crippen LogP contribution in [0.15, 0.2) is 18.5 Å². The van der Waals surface area contributed by atoms with E-state index in [0.717, 1.165) is 5.92 Å². The van der Waals surface area contributed by atoms with Crippen LogP contribution in [0.25, 0.3) is 0 Å². The summed E-state index contributed by atoms with van der Waals surface area (Å²) < 4.78 is 0. The molecule has 0 radical (unpaired) electrons. The van der Waals surface area contributed by atoms with Crippen molar-refractivity contribution in [1.82, 2.24) is 9.88 Å². The Bertz CT molecular complexity index is 418. The Kier molecular flexibility index (Phi) is 3.12. The third kappa shape index (κ3) is 2.17. The van der Waals surface area contributed by atoms with Crippen molar-refractivity contribution in [3.63, 3.8) is 0 Å². The minimum atomic E-state index is 0.617. The molecule has 3 rings (SSSR count). The summed E-state index contributed by atoms with van der Waals surface area (Å²) in [5.41, 5.74) is 2.40. The Hall–Kier alpha value is -1.29. The van der Waals surface area contributed by atoms with Crippen molar-refractivity contribution in [3.05, 3.63) is 18.5 Å². The van der Waals surface area contributed by atoms with E-state index in [4.69, 9.17) is 0 Å². The summed E-state index contributed by atoms with van der Waals surface area (Å²) in [5, 5.41) is 3.73. The number of nitrogens with one attached hydrogen (secondary N) is 1. The molecule has 3 heterocycles. The average molecular weight is 246 g/mol. The molecule has 4 heteroatoms. The fourth-order valence-electron chi connectivity index (χ4n) is 3.23. The van der Waals surface area contributed by atoms with Crippen molar-refractivity contribution in [1.29, 1.82) is 0 Å². The van der Waals surface area contributed by atoms with E-state index in [0.29, 0.717) is 6.04 Å². The summed E-state index contributed by atoms with van der Waals surface area (Å²) >= 11 is 0. The highest BCUT2D eigenvalue weighted by atomic mass is 15.2. The van der Waals surface area contributed by atoms with Crippen molar-refractivity contribution in [3.8, 4) is 0 Å². The summed E-state index contributed by atoms with van der Waals surface area (Å²) in [4.78, 5) is 8.98. The maximum atomic E-state index is 4.25. The third-order valence-corrected chi connectivity index (χ3v) is 4.25. The zero-order valence-corrected chi connectivity index (χ0v) is 11.3. The normalized spacial score (nSPS) is 30.2. The van der Waals surface area contributed by atoms with Gasteiger partial charge in [0.2, 0.25) is 0 Å². The van der Waals surface area contributed by atoms with Crippen LogP contribution in [0.5, 0.6) is 0 Å². The van der Waals surface area contributed by atoms with Gasteiger partial charge in [0.25, 0.3) is 0 Å². The van der Waals surface area contributed by atoms with Crippen molar-refractivity contribution < 1.29 is 0 Å². The van der Waals surface area contributed by atoms with Crippen LogP contribution in [0.4, 0.5) is 11.4 Å². The van der Waals surface area contributed by atoms with Crippen LogP contribution in [0.3, 0.4) is 0 Å². The molecule has 0 aliphatic carbocycles. The van der Waals surface area contributed by atoms with E-state index in [1.807, 2.05) is 12.4 Å². The van der Waals surface area contributed by atoms with E-state index in [1.165, 1.54) is 43.9 Å². The molecule has 2 aliphatic rings. The van der Waals surface area contributed by atoms with Crippen LogP contribution in [-0.2, 0) is 0 Å². The monoisotopic (exact) mass is 246 g/mol. The van der Waals surface area contributed by atoms with Gasteiger partial charge in [-0.15, -0.1) is 0 Å². The Labute approximate surface area is 109 Å². The molecule has 0 saturated carbocycles. The molecule has 0 spiro atoms. The highest BCUT2D eigenvalue weighted by Crippen LogP contribution is 2.31. The Balaban J connectivity index is 1.76. The fourth-order valence-corrected chi connectivity index (χ4v) is 3.23. The van der Waals surface area contributed by atoms with Gasteiger partial charge in [-0.2, -0.15) is 0 Å². The molecular weight excluding hydrogens is 224 g/mol. The second kappa shape index (κ2) is 4.76. The molecule has 1 N–H and O–H groups in total. The van der Waals surface area contributed by atoms with Crippen LogP contribution >= 0.6 is 0 Å². The molecule has 18 heavy (non-hydrogen) atoms. The molecule has 98 valence electrons. The maximum Gasteiger partial charge on any atom is 0.0766 e.